The van der Waals surface area contributed by atoms with Crippen LogP contribution in [0.4, 0.5) is 0 Å². The molecule has 44 valence electrons. The number of halogens is 2. The van der Waals surface area contributed by atoms with Crippen LogP contribution in [0.1, 0.15) is 13.8 Å². The van der Waals surface area contributed by atoms with Gasteiger partial charge in [0.2, 0.25) is 0 Å². The molecule has 0 amide bonds. The molecule has 0 saturated carbocycles. The van der Waals surface area contributed by atoms with E-state index in [2.05, 4.69) is 0 Å². The van der Waals surface area contributed by atoms with Crippen LogP contribution in [0.2, 0.25) is 0 Å². The fraction of sp³-hybridized carbons (Fsp3) is 1.00. The smallest absolute Gasteiger partial charge is 0.125 e. The van der Waals surface area contributed by atoms with Gasteiger partial charge in [-0.15, -0.1) is 23.2 Å². The lowest BCUT2D eigenvalue weighted by Crippen LogP contribution is -2.38. The first kappa shape index (κ1) is 7.54. The Bertz CT molecular complexity index is 55.2. The van der Waals surface area contributed by atoms with Gasteiger partial charge in [0.15, 0.2) is 0 Å². The molecule has 0 spiro atoms. The Morgan fingerprint density at radius 3 is 1.57 bits per heavy atom. The zero-order chi connectivity index (χ0) is 6.08. The molecule has 0 unspecified atom stereocenters. The second-order valence-corrected chi connectivity index (χ2v) is 3.22. The van der Waals surface area contributed by atoms with Crippen LogP contribution in [0.15, 0.2) is 0 Å². The minimum Gasteiger partial charge on any atom is -0.323 e. The standard InChI is InChI=1S/C4H9Cl2N/c1-4(2,7)3(5)6/h3H,7H2,1-2H3. The molecule has 0 saturated heterocycles. The van der Waals surface area contributed by atoms with Gasteiger partial charge in [0.1, 0.15) is 4.84 Å². The summed E-state index contributed by atoms with van der Waals surface area (Å²) in [5.41, 5.74) is 4.95. The summed E-state index contributed by atoms with van der Waals surface area (Å²) in [6, 6.07) is 0. The van der Waals surface area contributed by atoms with Crippen LogP contribution in [-0.2, 0) is 0 Å². The molecule has 0 aliphatic rings. The van der Waals surface area contributed by atoms with E-state index >= 15 is 0 Å². The predicted molar refractivity (Wildman–Crippen MR) is 33.8 cm³/mol. The molecule has 0 aromatic heterocycles. The van der Waals surface area contributed by atoms with Crippen LogP contribution >= 0.6 is 23.2 Å². The molecule has 3 heteroatoms. The van der Waals surface area contributed by atoms with Gasteiger partial charge < -0.3 is 5.73 Å². The Labute approximate surface area is 53.8 Å². The van der Waals surface area contributed by atoms with Gasteiger partial charge in [0.05, 0.1) is 0 Å². The van der Waals surface area contributed by atoms with E-state index in [0.29, 0.717) is 0 Å². The number of hydrogen-bond acceptors (Lipinski definition) is 1. The van der Waals surface area contributed by atoms with Crippen LogP contribution in [0.25, 0.3) is 0 Å². The van der Waals surface area contributed by atoms with Gasteiger partial charge >= 0.3 is 0 Å². The maximum Gasteiger partial charge on any atom is 0.125 e. The molecular formula is C4H9Cl2N. The Balaban J connectivity index is 3.54. The molecule has 0 aliphatic heterocycles. The van der Waals surface area contributed by atoms with Crippen LogP contribution in [0.5, 0.6) is 0 Å². The number of hydrogen-bond donors (Lipinski definition) is 1. The van der Waals surface area contributed by atoms with Crippen molar-refractivity contribution in [1.82, 2.24) is 0 Å². The monoisotopic (exact) mass is 141 g/mol. The molecule has 0 aliphatic carbocycles. The second kappa shape index (κ2) is 2.21. The third kappa shape index (κ3) is 3.15. The Morgan fingerprint density at radius 2 is 1.57 bits per heavy atom. The fourth-order valence-corrected chi connectivity index (χ4v) is 0. The van der Waals surface area contributed by atoms with Crippen LogP contribution < -0.4 is 5.73 Å². The molecule has 0 aromatic carbocycles. The predicted octanol–water partition coefficient (Wildman–Crippen LogP) is 1.53. The molecule has 0 heterocycles. The minimum atomic E-state index is -0.479. The van der Waals surface area contributed by atoms with Gasteiger partial charge in [-0.1, -0.05) is 0 Å². The highest BCUT2D eigenvalue weighted by atomic mass is 35.5. The molecule has 0 aromatic rings. The molecule has 0 bridgehead atoms. The Kier molecular flexibility index (Phi) is 2.38. The normalized spacial score (nSPS) is 12.9. The zero-order valence-electron chi connectivity index (χ0n) is 4.41. The zero-order valence-corrected chi connectivity index (χ0v) is 5.92. The Morgan fingerprint density at radius 1 is 1.43 bits per heavy atom. The van der Waals surface area contributed by atoms with Gasteiger partial charge in [-0.05, 0) is 13.8 Å². The molecule has 0 fully saturated rings. The topological polar surface area (TPSA) is 26.0 Å². The summed E-state index contributed by atoms with van der Waals surface area (Å²) in [6.45, 7) is 3.55. The van der Waals surface area contributed by atoms with Gasteiger partial charge in [-0.25, -0.2) is 0 Å². The summed E-state index contributed by atoms with van der Waals surface area (Å²) < 4.78 is 0. The van der Waals surface area contributed by atoms with Crippen LogP contribution in [0.3, 0.4) is 0 Å². The second-order valence-electron chi connectivity index (χ2n) is 2.12. The van der Waals surface area contributed by atoms with Crippen molar-refractivity contribution in [1.29, 1.82) is 0 Å². The molecule has 1 nitrogen and oxygen atoms in total. The highest BCUT2D eigenvalue weighted by Crippen LogP contribution is 2.15. The van der Waals surface area contributed by atoms with Crippen molar-refractivity contribution in [2.75, 3.05) is 0 Å². The molecule has 0 radical (unpaired) electrons. The highest BCUT2D eigenvalue weighted by Gasteiger charge is 2.19. The highest BCUT2D eigenvalue weighted by molar-refractivity contribution is 6.45. The third-order valence-corrected chi connectivity index (χ3v) is 1.69. The van der Waals surface area contributed by atoms with Crippen molar-refractivity contribution >= 4 is 23.2 Å². The summed E-state index contributed by atoms with van der Waals surface area (Å²) in [4.78, 5) is -0.479. The molecule has 2 N–H and O–H groups in total. The van der Waals surface area contributed by atoms with Gasteiger partial charge in [-0.2, -0.15) is 0 Å². The third-order valence-electron chi connectivity index (χ3n) is 0.562. The van der Waals surface area contributed by atoms with Crippen molar-refractivity contribution < 1.29 is 0 Å². The molecule has 7 heavy (non-hydrogen) atoms. The Hall–Kier alpha value is 0.540. The lowest BCUT2D eigenvalue weighted by atomic mass is 10.1. The van der Waals surface area contributed by atoms with Crippen molar-refractivity contribution in [3.05, 3.63) is 0 Å². The summed E-state index contributed by atoms with van der Waals surface area (Å²) in [7, 11) is 0. The van der Waals surface area contributed by atoms with Crippen molar-refractivity contribution in [2.24, 2.45) is 5.73 Å². The maximum absolute atomic E-state index is 5.41. The first-order chi connectivity index (χ1) is 2.94. The van der Waals surface area contributed by atoms with E-state index in [0.717, 1.165) is 0 Å². The van der Waals surface area contributed by atoms with Gasteiger partial charge in [-0.3, -0.25) is 0 Å². The summed E-state index contributed by atoms with van der Waals surface area (Å²) in [6.07, 6.45) is 0. The lowest BCUT2D eigenvalue weighted by molar-refractivity contribution is 0.560. The quantitative estimate of drug-likeness (QED) is 0.552. The maximum atomic E-state index is 5.41. The van der Waals surface area contributed by atoms with E-state index in [-0.39, 0.29) is 0 Å². The minimum absolute atomic E-state index is 0.469. The summed E-state index contributed by atoms with van der Waals surface area (Å²) >= 11 is 10.8. The lowest BCUT2D eigenvalue weighted by Gasteiger charge is -2.18. The first-order valence-electron chi connectivity index (χ1n) is 2.01. The average Bonchev–Trinajstić information content (AvgIpc) is 1.31. The summed E-state index contributed by atoms with van der Waals surface area (Å²) in [5.74, 6) is 0. The SMILES string of the molecule is CC(C)(N)C(Cl)Cl. The van der Waals surface area contributed by atoms with E-state index in [4.69, 9.17) is 28.9 Å². The molecule has 0 rings (SSSR count). The van der Waals surface area contributed by atoms with E-state index in [1.54, 1.807) is 13.8 Å². The van der Waals surface area contributed by atoms with E-state index in [1.807, 2.05) is 0 Å². The number of rotatable bonds is 1. The molecular weight excluding hydrogens is 133 g/mol. The summed E-state index contributed by atoms with van der Waals surface area (Å²) in [5, 5.41) is 0. The average molecular weight is 142 g/mol. The van der Waals surface area contributed by atoms with Crippen molar-refractivity contribution in [3.63, 3.8) is 0 Å². The fourth-order valence-electron chi connectivity index (χ4n) is 0. The number of nitrogens with two attached hydrogens (primary N) is 1. The van der Waals surface area contributed by atoms with Crippen LogP contribution in [-0.4, -0.2) is 10.4 Å². The van der Waals surface area contributed by atoms with E-state index in [9.17, 15) is 0 Å². The first-order valence-corrected chi connectivity index (χ1v) is 2.89. The van der Waals surface area contributed by atoms with Crippen molar-refractivity contribution in [3.8, 4) is 0 Å². The largest absolute Gasteiger partial charge is 0.323 e. The number of alkyl halides is 2. The molecule has 0 atom stereocenters. The van der Waals surface area contributed by atoms with Crippen molar-refractivity contribution in [2.45, 2.75) is 24.2 Å². The van der Waals surface area contributed by atoms with Gasteiger partial charge in [0, 0.05) is 5.54 Å². The van der Waals surface area contributed by atoms with E-state index < -0.39 is 10.4 Å². The van der Waals surface area contributed by atoms with Gasteiger partial charge in [0.25, 0.3) is 0 Å². The van der Waals surface area contributed by atoms with E-state index in [1.165, 1.54) is 0 Å². The van der Waals surface area contributed by atoms with Crippen LogP contribution in [0, 0.1) is 0 Å².